The fourth-order valence-corrected chi connectivity index (χ4v) is 4.31. The maximum atomic E-state index is 10.8. The van der Waals surface area contributed by atoms with E-state index in [1.165, 1.54) is 11.1 Å². The molecule has 1 aliphatic rings. The number of ether oxygens (including phenoxy) is 1. The molecule has 0 aliphatic carbocycles. The minimum atomic E-state index is -0.920. The van der Waals surface area contributed by atoms with Crippen LogP contribution in [0.15, 0.2) is 60.7 Å². The van der Waals surface area contributed by atoms with E-state index in [4.69, 9.17) is 9.84 Å². The standard InChI is InChI=1S/C22H27NO3/c24-21(25)17-26-16-13-22(18-7-3-1-4-8-18,19-9-5-2-6-10-19)20-11-14-23-15-12-20/h1-10,20,23H,11-17H2,(H,24,25). The Kier molecular flexibility index (Phi) is 6.42. The Balaban J connectivity index is 2.00. The highest BCUT2D eigenvalue weighted by atomic mass is 16.5. The largest absolute Gasteiger partial charge is 0.480 e. The number of aliphatic carboxylic acids is 1. The Labute approximate surface area is 155 Å². The summed E-state index contributed by atoms with van der Waals surface area (Å²) in [5.74, 6) is -0.432. The minimum absolute atomic E-state index is 0.164. The van der Waals surface area contributed by atoms with Crippen molar-refractivity contribution in [2.45, 2.75) is 24.7 Å². The van der Waals surface area contributed by atoms with E-state index in [1.54, 1.807) is 0 Å². The lowest BCUT2D eigenvalue weighted by atomic mass is 9.61. The average Bonchev–Trinajstić information content (AvgIpc) is 2.70. The number of carbonyl (C=O) groups is 1. The molecule has 0 bridgehead atoms. The quantitative estimate of drug-likeness (QED) is 0.714. The number of carboxylic acids is 1. The van der Waals surface area contributed by atoms with Crippen molar-refractivity contribution in [3.63, 3.8) is 0 Å². The molecule has 1 heterocycles. The Morgan fingerprint density at radius 2 is 1.54 bits per heavy atom. The van der Waals surface area contributed by atoms with Crippen LogP contribution in [0.25, 0.3) is 0 Å². The molecule has 0 spiro atoms. The molecule has 1 aliphatic heterocycles. The third-order valence-corrected chi connectivity index (χ3v) is 5.48. The summed E-state index contributed by atoms with van der Waals surface area (Å²) < 4.78 is 5.47. The van der Waals surface area contributed by atoms with Crippen molar-refractivity contribution in [1.29, 1.82) is 0 Å². The molecule has 2 N–H and O–H groups in total. The molecule has 0 amide bonds. The molecule has 0 radical (unpaired) electrons. The molecule has 3 rings (SSSR count). The van der Waals surface area contributed by atoms with Crippen molar-refractivity contribution in [3.8, 4) is 0 Å². The zero-order valence-electron chi connectivity index (χ0n) is 15.1. The van der Waals surface area contributed by atoms with Crippen molar-refractivity contribution in [3.05, 3.63) is 71.8 Å². The Hall–Kier alpha value is -2.17. The molecule has 2 aromatic carbocycles. The Morgan fingerprint density at radius 1 is 1.00 bits per heavy atom. The van der Waals surface area contributed by atoms with Crippen molar-refractivity contribution in [2.75, 3.05) is 26.3 Å². The zero-order valence-corrected chi connectivity index (χ0v) is 15.1. The molecular formula is C22H27NO3. The van der Waals surface area contributed by atoms with Crippen LogP contribution >= 0.6 is 0 Å². The highest BCUT2D eigenvalue weighted by Crippen LogP contribution is 2.46. The van der Waals surface area contributed by atoms with Crippen LogP contribution in [0.4, 0.5) is 0 Å². The number of benzene rings is 2. The van der Waals surface area contributed by atoms with Gasteiger partial charge in [0, 0.05) is 12.0 Å². The third kappa shape index (κ3) is 4.14. The van der Waals surface area contributed by atoms with Gasteiger partial charge in [-0.1, -0.05) is 60.7 Å². The van der Waals surface area contributed by atoms with E-state index in [1.807, 2.05) is 12.1 Å². The first-order valence-corrected chi connectivity index (χ1v) is 9.35. The molecule has 0 saturated carbocycles. The maximum Gasteiger partial charge on any atom is 0.329 e. The molecule has 26 heavy (non-hydrogen) atoms. The lowest BCUT2D eigenvalue weighted by molar-refractivity contribution is -0.142. The van der Waals surface area contributed by atoms with Crippen LogP contribution in [0.5, 0.6) is 0 Å². The number of piperidine rings is 1. The van der Waals surface area contributed by atoms with E-state index in [0.717, 1.165) is 32.4 Å². The van der Waals surface area contributed by atoms with E-state index in [2.05, 4.69) is 53.8 Å². The van der Waals surface area contributed by atoms with Gasteiger partial charge in [-0.25, -0.2) is 4.79 Å². The van der Waals surface area contributed by atoms with Gasteiger partial charge in [-0.05, 0) is 49.4 Å². The molecule has 0 atom stereocenters. The molecule has 0 aromatic heterocycles. The summed E-state index contributed by atoms with van der Waals surface area (Å²) in [5.41, 5.74) is 2.41. The number of hydrogen-bond acceptors (Lipinski definition) is 3. The van der Waals surface area contributed by atoms with Gasteiger partial charge in [0.05, 0.1) is 0 Å². The zero-order chi connectivity index (χ0) is 18.2. The normalized spacial score (nSPS) is 15.7. The second-order valence-electron chi connectivity index (χ2n) is 6.92. The van der Waals surface area contributed by atoms with E-state index < -0.39 is 5.97 Å². The van der Waals surface area contributed by atoms with E-state index in [-0.39, 0.29) is 12.0 Å². The van der Waals surface area contributed by atoms with Crippen molar-refractivity contribution >= 4 is 5.97 Å². The summed E-state index contributed by atoms with van der Waals surface area (Å²) in [5, 5.41) is 12.4. The first-order chi connectivity index (χ1) is 12.7. The van der Waals surface area contributed by atoms with Crippen molar-refractivity contribution in [2.24, 2.45) is 5.92 Å². The molecule has 4 nitrogen and oxygen atoms in total. The summed E-state index contributed by atoms with van der Waals surface area (Å²) >= 11 is 0. The van der Waals surface area contributed by atoms with Crippen LogP contribution in [-0.4, -0.2) is 37.4 Å². The van der Waals surface area contributed by atoms with Crippen LogP contribution in [0, 0.1) is 5.92 Å². The predicted octanol–water partition coefficient (Wildman–Crippen LogP) is 3.46. The molecule has 2 aromatic rings. The van der Waals surface area contributed by atoms with Crippen LogP contribution in [-0.2, 0) is 14.9 Å². The van der Waals surface area contributed by atoms with Gasteiger partial charge in [-0.15, -0.1) is 0 Å². The van der Waals surface area contributed by atoms with Gasteiger partial charge in [0.15, 0.2) is 0 Å². The van der Waals surface area contributed by atoms with Gasteiger partial charge in [-0.2, -0.15) is 0 Å². The van der Waals surface area contributed by atoms with Crippen LogP contribution in [0.3, 0.4) is 0 Å². The fraction of sp³-hybridized carbons (Fsp3) is 0.409. The third-order valence-electron chi connectivity index (χ3n) is 5.48. The minimum Gasteiger partial charge on any atom is -0.480 e. The summed E-state index contributed by atoms with van der Waals surface area (Å²) in [4.78, 5) is 10.8. The first kappa shape index (κ1) is 18.6. The summed E-state index contributed by atoms with van der Waals surface area (Å²) in [6.07, 6.45) is 2.98. The van der Waals surface area contributed by atoms with Crippen LogP contribution in [0.2, 0.25) is 0 Å². The summed E-state index contributed by atoms with van der Waals surface area (Å²) in [6.45, 7) is 2.22. The smallest absolute Gasteiger partial charge is 0.329 e. The number of carboxylic acid groups (broad SMARTS) is 1. The van der Waals surface area contributed by atoms with Gasteiger partial charge in [0.2, 0.25) is 0 Å². The molecule has 4 heteroatoms. The van der Waals surface area contributed by atoms with Crippen LogP contribution < -0.4 is 5.32 Å². The van der Waals surface area contributed by atoms with Crippen molar-refractivity contribution < 1.29 is 14.6 Å². The number of hydrogen-bond donors (Lipinski definition) is 2. The molecular weight excluding hydrogens is 326 g/mol. The topological polar surface area (TPSA) is 58.6 Å². The average molecular weight is 353 g/mol. The van der Waals surface area contributed by atoms with E-state index >= 15 is 0 Å². The van der Waals surface area contributed by atoms with Gasteiger partial charge < -0.3 is 15.2 Å². The van der Waals surface area contributed by atoms with Gasteiger partial charge in [-0.3, -0.25) is 0 Å². The molecule has 138 valence electrons. The SMILES string of the molecule is O=C(O)COCCC(c1ccccc1)(c1ccccc1)C1CCNCC1. The molecule has 1 saturated heterocycles. The van der Waals surface area contributed by atoms with Crippen LogP contribution in [0.1, 0.15) is 30.4 Å². The highest BCUT2D eigenvalue weighted by molar-refractivity contribution is 5.68. The summed E-state index contributed by atoms with van der Waals surface area (Å²) in [7, 11) is 0. The molecule has 0 unspecified atom stereocenters. The second kappa shape index (κ2) is 8.97. The van der Waals surface area contributed by atoms with Crippen molar-refractivity contribution in [1.82, 2.24) is 5.32 Å². The van der Waals surface area contributed by atoms with Gasteiger partial charge in [0.25, 0.3) is 0 Å². The predicted molar refractivity (Wildman–Crippen MR) is 102 cm³/mol. The van der Waals surface area contributed by atoms with Gasteiger partial charge in [0.1, 0.15) is 6.61 Å². The lowest BCUT2D eigenvalue weighted by Crippen LogP contribution is -2.43. The Bertz CT molecular complexity index is 642. The van der Waals surface area contributed by atoms with E-state index in [9.17, 15) is 4.79 Å². The number of nitrogens with one attached hydrogen (secondary N) is 1. The van der Waals surface area contributed by atoms with Gasteiger partial charge >= 0.3 is 5.97 Å². The van der Waals surface area contributed by atoms with E-state index in [0.29, 0.717) is 12.5 Å². The maximum absolute atomic E-state index is 10.8. The lowest BCUT2D eigenvalue weighted by Gasteiger charge is -2.44. The highest BCUT2D eigenvalue weighted by Gasteiger charge is 2.41. The summed E-state index contributed by atoms with van der Waals surface area (Å²) in [6, 6.07) is 21.2. The number of rotatable bonds is 8. The Morgan fingerprint density at radius 3 is 2.04 bits per heavy atom. The molecule has 1 fully saturated rings. The fourth-order valence-electron chi connectivity index (χ4n) is 4.31. The monoisotopic (exact) mass is 353 g/mol. The second-order valence-corrected chi connectivity index (χ2v) is 6.92. The first-order valence-electron chi connectivity index (χ1n) is 9.35.